The van der Waals surface area contributed by atoms with E-state index in [1.807, 2.05) is 6.07 Å². The second-order valence-corrected chi connectivity index (χ2v) is 5.95. The summed E-state index contributed by atoms with van der Waals surface area (Å²) in [6.07, 6.45) is 1.41. The van der Waals surface area contributed by atoms with Crippen molar-refractivity contribution in [3.8, 4) is 22.1 Å². The molecule has 1 aliphatic heterocycles. The van der Waals surface area contributed by atoms with Gasteiger partial charge in [-0.15, -0.1) is 11.3 Å². The van der Waals surface area contributed by atoms with Crippen molar-refractivity contribution < 1.29 is 28.9 Å². The molecule has 1 aromatic heterocycles. The number of carbonyl (C=O) groups is 2. The first-order chi connectivity index (χ1) is 11.6. The summed E-state index contributed by atoms with van der Waals surface area (Å²) in [5.41, 5.74) is 0.787. The van der Waals surface area contributed by atoms with Crippen LogP contribution in [-0.4, -0.2) is 48.5 Å². The maximum Gasteiger partial charge on any atom is 0.328 e. The van der Waals surface area contributed by atoms with Crippen LogP contribution in [0.25, 0.3) is 10.6 Å². The van der Waals surface area contributed by atoms with Gasteiger partial charge in [-0.3, -0.25) is 4.79 Å². The van der Waals surface area contributed by atoms with Gasteiger partial charge in [-0.1, -0.05) is 0 Å². The van der Waals surface area contributed by atoms with Gasteiger partial charge in [0.05, 0.1) is 12.8 Å². The van der Waals surface area contributed by atoms with Crippen molar-refractivity contribution in [1.82, 2.24) is 10.3 Å². The third kappa shape index (κ3) is 3.31. The molecule has 0 bridgehead atoms. The number of aromatic nitrogens is 1. The monoisotopic (exact) mass is 350 g/mol. The van der Waals surface area contributed by atoms with Crippen molar-refractivity contribution in [3.05, 3.63) is 29.3 Å². The molecular weight excluding hydrogens is 336 g/mol. The number of nitrogens with one attached hydrogen (secondary N) is 1. The third-order valence-corrected chi connectivity index (χ3v) is 4.33. The fraction of sp³-hybridized carbons (Fsp3) is 0.267. The highest BCUT2D eigenvalue weighted by Gasteiger charge is 2.22. The third-order valence-electron chi connectivity index (χ3n) is 3.29. The van der Waals surface area contributed by atoms with Crippen LogP contribution in [0.3, 0.4) is 0 Å². The summed E-state index contributed by atoms with van der Waals surface area (Å²) in [7, 11) is 1.37. The Labute approximate surface area is 141 Å². The maximum absolute atomic E-state index is 12.2. The van der Waals surface area contributed by atoms with Gasteiger partial charge < -0.3 is 24.6 Å². The molecular formula is C15H14N2O6S. The van der Waals surface area contributed by atoms with Gasteiger partial charge in [-0.2, -0.15) is 0 Å². The number of ether oxygens (including phenoxy) is 3. The van der Waals surface area contributed by atoms with Crippen LogP contribution in [0, 0.1) is 0 Å². The van der Waals surface area contributed by atoms with Gasteiger partial charge in [-0.05, 0) is 18.2 Å². The Balaban J connectivity index is 1.75. The highest BCUT2D eigenvalue weighted by molar-refractivity contribution is 7.16. The Kier molecular flexibility index (Phi) is 4.63. The van der Waals surface area contributed by atoms with E-state index >= 15 is 0 Å². The van der Waals surface area contributed by atoms with Gasteiger partial charge in [0, 0.05) is 12.7 Å². The summed E-state index contributed by atoms with van der Waals surface area (Å²) in [6.45, 7) is 0.0648. The zero-order valence-corrected chi connectivity index (χ0v) is 13.5. The summed E-state index contributed by atoms with van der Waals surface area (Å²) < 4.78 is 15.4. The second kappa shape index (κ2) is 6.85. The number of nitrogens with zero attached hydrogens (tertiary/aromatic N) is 1. The van der Waals surface area contributed by atoms with Crippen molar-refractivity contribution in [2.45, 2.75) is 6.04 Å². The van der Waals surface area contributed by atoms with Crippen LogP contribution in [-0.2, 0) is 9.53 Å². The molecule has 1 amide bonds. The van der Waals surface area contributed by atoms with Crippen LogP contribution in [0.2, 0.25) is 0 Å². The molecule has 9 heteroatoms. The number of aliphatic carboxylic acids is 1. The van der Waals surface area contributed by atoms with Gasteiger partial charge in [0.15, 0.2) is 17.5 Å². The number of benzene rings is 1. The number of rotatable bonds is 6. The minimum Gasteiger partial charge on any atom is -0.480 e. The zero-order chi connectivity index (χ0) is 17.1. The van der Waals surface area contributed by atoms with E-state index in [0.29, 0.717) is 21.4 Å². The van der Waals surface area contributed by atoms with Gasteiger partial charge >= 0.3 is 5.97 Å². The Morgan fingerprint density at radius 1 is 1.42 bits per heavy atom. The Morgan fingerprint density at radius 3 is 2.96 bits per heavy atom. The van der Waals surface area contributed by atoms with Gasteiger partial charge in [-0.25, -0.2) is 9.78 Å². The first kappa shape index (κ1) is 16.2. The molecule has 0 saturated heterocycles. The molecule has 0 radical (unpaired) electrons. The summed E-state index contributed by atoms with van der Waals surface area (Å²) in [4.78, 5) is 27.7. The molecule has 2 heterocycles. The number of amides is 1. The first-order valence-corrected chi connectivity index (χ1v) is 7.78. The lowest BCUT2D eigenvalue weighted by Crippen LogP contribution is -2.43. The topological polar surface area (TPSA) is 107 Å². The number of hydrogen-bond donors (Lipinski definition) is 2. The van der Waals surface area contributed by atoms with Gasteiger partial charge in [0.2, 0.25) is 6.79 Å². The molecule has 2 aromatic rings. The average molecular weight is 350 g/mol. The van der Waals surface area contributed by atoms with Crippen LogP contribution < -0.4 is 14.8 Å². The van der Waals surface area contributed by atoms with Crippen molar-refractivity contribution in [3.63, 3.8) is 0 Å². The standard InChI is InChI=1S/C15H14N2O6S/c1-21-6-9(15(19)20)17-13(18)12-5-16-14(24-12)8-2-3-10-11(4-8)23-7-22-10/h2-5,9H,6-7H2,1H3,(H,17,18)(H,19,20). The Morgan fingerprint density at radius 2 is 2.21 bits per heavy atom. The van der Waals surface area contributed by atoms with E-state index in [0.717, 1.165) is 16.9 Å². The van der Waals surface area contributed by atoms with Gasteiger partial charge in [0.25, 0.3) is 5.91 Å². The Hall–Kier alpha value is -2.65. The van der Waals surface area contributed by atoms with E-state index in [2.05, 4.69) is 10.3 Å². The highest BCUT2D eigenvalue weighted by Crippen LogP contribution is 2.36. The molecule has 1 unspecified atom stereocenters. The van der Waals surface area contributed by atoms with Crippen LogP contribution in [0.1, 0.15) is 9.67 Å². The summed E-state index contributed by atoms with van der Waals surface area (Å²) >= 11 is 1.16. The van der Waals surface area contributed by atoms with E-state index in [1.54, 1.807) is 12.1 Å². The van der Waals surface area contributed by atoms with E-state index in [-0.39, 0.29) is 13.4 Å². The van der Waals surface area contributed by atoms with Gasteiger partial charge in [0.1, 0.15) is 9.88 Å². The molecule has 24 heavy (non-hydrogen) atoms. The molecule has 3 rings (SSSR count). The van der Waals surface area contributed by atoms with Crippen molar-refractivity contribution in [1.29, 1.82) is 0 Å². The number of thiazole rings is 1. The molecule has 1 aromatic carbocycles. The normalized spacial score (nSPS) is 13.5. The maximum atomic E-state index is 12.2. The lowest BCUT2D eigenvalue weighted by molar-refractivity contribution is -0.140. The second-order valence-electron chi connectivity index (χ2n) is 4.92. The van der Waals surface area contributed by atoms with E-state index in [4.69, 9.17) is 19.3 Å². The highest BCUT2D eigenvalue weighted by atomic mass is 32.1. The average Bonchev–Trinajstić information content (AvgIpc) is 3.22. The summed E-state index contributed by atoms with van der Waals surface area (Å²) in [5.74, 6) is -0.383. The minimum absolute atomic E-state index is 0.116. The molecule has 0 spiro atoms. The molecule has 1 atom stereocenters. The van der Waals surface area contributed by atoms with Crippen molar-refractivity contribution in [2.24, 2.45) is 0 Å². The number of fused-ring (bicyclic) bond motifs is 1. The molecule has 1 aliphatic rings. The number of carboxylic acids is 1. The summed E-state index contributed by atoms with van der Waals surface area (Å²) in [6, 6.07) is 4.27. The number of carboxylic acid groups (broad SMARTS) is 1. The fourth-order valence-electron chi connectivity index (χ4n) is 2.11. The van der Waals surface area contributed by atoms with E-state index in [1.165, 1.54) is 13.3 Å². The minimum atomic E-state index is -1.16. The predicted octanol–water partition coefficient (Wildman–Crippen LogP) is 1.37. The van der Waals surface area contributed by atoms with E-state index in [9.17, 15) is 9.59 Å². The Bertz CT molecular complexity index is 775. The fourth-order valence-corrected chi connectivity index (χ4v) is 2.93. The molecule has 0 aliphatic carbocycles. The zero-order valence-electron chi connectivity index (χ0n) is 12.6. The van der Waals surface area contributed by atoms with Crippen LogP contribution in [0.4, 0.5) is 0 Å². The number of hydrogen-bond acceptors (Lipinski definition) is 7. The molecule has 126 valence electrons. The van der Waals surface area contributed by atoms with E-state index < -0.39 is 17.9 Å². The quantitative estimate of drug-likeness (QED) is 0.810. The molecule has 0 saturated carbocycles. The van der Waals surface area contributed by atoms with Crippen LogP contribution >= 0.6 is 11.3 Å². The lowest BCUT2D eigenvalue weighted by atomic mass is 10.2. The van der Waals surface area contributed by atoms with Crippen LogP contribution in [0.15, 0.2) is 24.4 Å². The van der Waals surface area contributed by atoms with Crippen LogP contribution in [0.5, 0.6) is 11.5 Å². The first-order valence-electron chi connectivity index (χ1n) is 6.97. The van der Waals surface area contributed by atoms with Crippen molar-refractivity contribution >= 4 is 23.2 Å². The number of methoxy groups -OCH3 is 1. The lowest BCUT2D eigenvalue weighted by Gasteiger charge is -2.12. The molecule has 0 fully saturated rings. The summed E-state index contributed by atoms with van der Waals surface area (Å²) in [5, 5.41) is 12.1. The largest absolute Gasteiger partial charge is 0.480 e. The smallest absolute Gasteiger partial charge is 0.328 e. The SMILES string of the molecule is COCC(NC(=O)c1cnc(-c2ccc3c(c2)OCO3)s1)C(=O)O. The molecule has 2 N–H and O–H groups in total. The molecule has 8 nitrogen and oxygen atoms in total. The van der Waals surface area contributed by atoms with Crippen molar-refractivity contribution in [2.75, 3.05) is 20.5 Å². The predicted molar refractivity (Wildman–Crippen MR) is 84.4 cm³/mol. The number of carbonyl (C=O) groups excluding carboxylic acids is 1.